The van der Waals surface area contributed by atoms with Crippen LogP contribution in [0, 0.1) is 0 Å². The van der Waals surface area contributed by atoms with E-state index in [1.807, 2.05) is 0 Å². The van der Waals surface area contributed by atoms with E-state index >= 15 is 0 Å². The lowest BCUT2D eigenvalue weighted by Crippen LogP contribution is -2.45. The van der Waals surface area contributed by atoms with E-state index in [0.29, 0.717) is 25.3 Å². The summed E-state index contributed by atoms with van der Waals surface area (Å²) < 4.78 is 25.6. The van der Waals surface area contributed by atoms with Crippen LogP contribution in [0.3, 0.4) is 0 Å². The van der Waals surface area contributed by atoms with Gasteiger partial charge >= 0.3 is 0 Å². The Morgan fingerprint density at radius 2 is 2.12 bits per heavy atom. The summed E-state index contributed by atoms with van der Waals surface area (Å²) in [4.78, 5) is 0. The topological polar surface area (TPSA) is 57.6 Å². The van der Waals surface area contributed by atoms with E-state index in [0.717, 1.165) is 19.3 Å². The number of rotatable bonds is 6. The Morgan fingerprint density at radius 1 is 1.38 bits per heavy atom. The summed E-state index contributed by atoms with van der Waals surface area (Å²) in [6.45, 7) is 0.640. The fourth-order valence-corrected chi connectivity index (χ4v) is 4.24. The highest BCUT2D eigenvalue weighted by molar-refractivity contribution is 7.89. The first-order valence-corrected chi connectivity index (χ1v) is 7.92. The quantitative estimate of drug-likeness (QED) is 0.737. The van der Waals surface area contributed by atoms with Gasteiger partial charge in [-0.1, -0.05) is 6.42 Å². The molecule has 0 aromatic rings. The molecule has 1 aliphatic rings. The Balaban J connectivity index is 2.66. The Kier molecular flexibility index (Phi) is 6.03. The normalized spacial score (nSPS) is 23.5. The molecule has 0 aliphatic carbocycles. The molecule has 0 aromatic heterocycles. The molecule has 1 atom stereocenters. The molecule has 1 saturated heterocycles. The SMILES string of the molecule is O=S(=O)(CCCCl)N1CCCCC1CCO. The summed E-state index contributed by atoms with van der Waals surface area (Å²) in [7, 11) is -3.18. The maximum Gasteiger partial charge on any atom is 0.214 e. The molecule has 1 N–H and O–H groups in total. The number of halogens is 1. The average molecular weight is 270 g/mol. The molecular weight excluding hydrogens is 250 g/mol. The van der Waals surface area contributed by atoms with E-state index in [1.165, 1.54) is 0 Å². The monoisotopic (exact) mass is 269 g/mol. The van der Waals surface area contributed by atoms with Crippen molar-refractivity contribution < 1.29 is 13.5 Å². The van der Waals surface area contributed by atoms with Crippen LogP contribution in [0.2, 0.25) is 0 Å². The molecule has 96 valence electrons. The number of nitrogens with zero attached hydrogens (tertiary/aromatic N) is 1. The van der Waals surface area contributed by atoms with E-state index in [4.69, 9.17) is 16.7 Å². The summed E-state index contributed by atoms with van der Waals surface area (Å²) in [6.07, 6.45) is 3.86. The van der Waals surface area contributed by atoms with Crippen molar-refractivity contribution in [2.75, 3.05) is 24.8 Å². The van der Waals surface area contributed by atoms with Crippen LogP contribution in [0.5, 0.6) is 0 Å². The maximum atomic E-state index is 12.0. The smallest absolute Gasteiger partial charge is 0.214 e. The molecule has 0 amide bonds. The number of piperidine rings is 1. The van der Waals surface area contributed by atoms with Crippen molar-refractivity contribution in [2.24, 2.45) is 0 Å². The van der Waals surface area contributed by atoms with E-state index in [9.17, 15) is 8.42 Å². The van der Waals surface area contributed by atoms with Crippen LogP contribution in [-0.4, -0.2) is 48.7 Å². The zero-order valence-corrected chi connectivity index (χ0v) is 11.0. The minimum absolute atomic E-state index is 0.0147. The molecule has 0 aromatic carbocycles. The molecule has 1 rings (SSSR count). The molecule has 0 radical (unpaired) electrons. The lowest BCUT2D eigenvalue weighted by molar-refractivity contribution is 0.192. The molecule has 0 bridgehead atoms. The van der Waals surface area contributed by atoms with Crippen LogP contribution in [0.25, 0.3) is 0 Å². The van der Waals surface area contributed by atoms with Gasteiger partial charge in [0.25, 0.3) is 0 Å². The first-order valence-electron chi connectivity index (χ1n) is 5.78. The summed E-state index contributed by atoms with van der Waals surface area (Å²) in [5.74, 6) is 0.496. The predicted molar refractivity (Wildman–Crippen MR) is 65.2 cm³/mol. The first-order chi connectivity index (χ1) is 7.61. The van der Waals surface area contributed by atoms with Gasteiger partial charge in [0.2, 0.25) is 10.0 Å². The lowest BCUT2D eigenvalue weighted by atomic mass is 10.0. The summed E-state index contributed by atoms with van der Waals surface area (Å²) in [5.41, 5.74) is 0. The maximum absolute atomic E-state index is 12.0. The number of alkyl halides is 1. The number of aliphatic hydroxyl groups is 1. The predicted octanol–water partition coefficient (Wildman–Crippen LogP) is 1.18. The van der Waals surface area contributed by atoms with Gasteiger partial charge in [-0.25, -0.2) is 8.42 Å². The Bertz CT molecular complexity index is 292. The zero-order chi connectivity index (χ0) is 12.0. The van der Waals surface area contributed by atoms with Crippen LogP contribution in [0.1, 0.15) is 32.1 Å². The molecule has 1 fully saturated rings. The van der Waals surface area contributed by atoms with Gasteiger partial charge in [0.15, 0.2) is 0 Å². The van der Waals surface area contributed by atoms with E-state index < -0.39 is 10.0 Å². The number of hydrogen-bond donors (Lipinski definition) is 1. The molecule has 0 saturated carbocycles. The van der Waals surface area contributed by atoms with Crippen molar-refractivity contribution in [1.29, 1.82) is 0 Å². The Morgan fingerprint density at radius 3 is 2.75 bits per heavy atom. The summed E-state index contributed by atoms with van der Waals surface area (Å²) in [5, 5.41) is 8.94. The molecule has 1 aliphatic heterocycles. The first kappa shape index (κ1) is 14.2. The number of aliphatic hydroxyl groups excluding tert-OH is 1. The lowest BCUT2D eigenvalue weighted by Gasteiger charge is -2.34. The fraction of sp³-hybridized carbons (Fsp3) is 1.00. The minimum atomic E-state index is -3.18. The van der Waals surface area contributed by atoms with Crippen LogP contribution in [-0.2, 0) is 10.0 Å². The average Bonchev–Trinajstić information content (AvgIpc) is 2.27. The highest BCUT2D eigenvalue weighted by Gasteiger charge is 2.31. The third-order valence-electron chi connectivity index (χ3n) is 2.93. The summed E-state index contributed by atoms with van der Waals surface area (Å²) in [6, 6.07) is -0.0147. The van der Waals surface area contributed by atoms with Crippen LogP contribution < -0.4 is 0 Å². The van der Waals surface area contributed by atoms with Crippen molar-refractivity contribution >= 4 is 21.6 Å². The second-order valence-electron chi connectivity index (χ2n) is 4.13. The van der Waals surface area contributed by atoms with Gasteiger partial charge < -0.3 is 5.11 Å². The zero-order valence-electron chi connectivity index (χ0n) is 9.44. The highest BCUT2D eigenvalue weighted by atomic mass is 35.5. The van der Waals surface area contributed by atoms with Crippen molar-refractivity contribution in [2.45, 2.75) is 38.1 Å². The third-order valence-corrected chi connectivity index (χ3v) is 5.20. The van der Waals surface area contributed by atoms with Crippen molar-refractivity contribution in [3.05, 3.63) is 0 Å². The molecule has 6 heteroatoms. The van der Waals surface area contributed by atoms with E-state index in [1.54, 1.807) is 4.31 Å². The van der Waals surface area contributed by atoms with Crippen molar-refractivity contribution in [3.63, 3.8) is 0 Å². The van der Waals surface area contributed by atoms with E-state index in [2.05, 4.69) is 0 Å². The molecular formula is C10H20ClNO3S. The van der Waals surface area contributed by atoms with E-state index in [-0.39, 0.29) is 18.4 Å². The van der Waals surface area contributed by atoms with Gasteiger partial charge in [0.1, 0.15) is 0 Å². The standard InChI is InChI=1S/C10H20ClNO3S/c11-6-3-9-16(14,15)12-7-2-1-4-10(12)5-8-13/h10,13H,1-9H2. The molecule has 16 heavy (non-hydrogen) atoms. The number of sulfonamides is 1. The highest BCUT2D eigenvalue weighted by Crippen LogP contribution is 2.23. The second-order valence-corrected chi connectivity index (χ2v) is 6.55. The summed E-state index contributed by atoms with van der Waals surface area (Å²) >= 11 is 5.52. The fourth-order valence-electron chi connectivity index (χ4n) is 2.13. The number of hydrogen-bond acceptors (Lipinski definition) is 3. The largest absolute Gasteiger partial charge is 0.396 e. The van der Waals surface area contributed by atoms with Gasteiger partial charge in [0, 0.05) is 25.1 Å². The molecule has 1 heterocycles. The van der Waals surface area contributed by atoms with Crippen LogP contribution >= 0.6 is 11.6 Å². The minimum Gasteiger partial charge on any atom is -0.396 e. The van der Waals surface area contributed by atoms with Gasteiger partial charge in [-0.05, 0) is 25.7 Å². The van der Waals surface area contributed by atoms with Crippen molar-refractivity contribution in [1.82, 2.24) is 4.31 Å². The second kappa shape index (κ2) is 6.79. The Hall–Kier alpha value is 0.160. The van der Waals surface area contributed by atoms with Gasteiger partial charge in [-0.2, -0.15) is 4.31 Å². The van der Waals surface area contributed by atoms with Gasteiger partial charge in [0.05, 0.1) is 5.75 Å². The van der Waals surface area contributed by atoms with Crippen LogP contribution in [0.15, 0.2) is 0 Å². The van der Waals surface area contributed by atoms with Gasteiger partial charge in [-0.15, -0.1) is 11.6 Å². The third kappa shape index (κ3) is 3.87. The van der Waals surface area contributed by atoms with Gasteiger partial charge in [-0.3, -0.25) is 0 Å². The van der Waals surface area contributed by atoms with Crippen LogP contribution in [0.4, 0.5) is 0 Å². The molecule has 1 unspecified atom stereocenters. The molecule has 4 nitrogen and oxygen atoms in total. The Labute approximate surface area is 103 Å². The van der Waals surface area contributed by atoms with Crippen molar-refractivity contribution in [3.8, 4) is 0 Å². The molecule has 0 spiro atoms.